The van der Waals surface area contributed by atoms with E-state index in [-0.39, 0.29) is 18.5 Å². The predicted molar refractivity (Wildman–Crippen MR) is 141 cm³/mol. The average Bonchev–Trinajstić information content (AvgIpc) is 2.86. The van der Waals surface area contributed by atoms with Crippen molar-refractivity contribution in [2.45, 2.75) is 85.0 Å². The molecular weight excluding hydrogens is 474 g/mol. The van der Waals surface area contributed by atoms with Gasteiger partial charge in [0, 0.05) is 11.6 Å². The van der Waals surface area contributed by atoms with E-state index in [1.807, 2.05) is 27.7 Å². The number of terminal acetylenes is 1. The van der Waals surface area contributed by atoms with Gasteiger partial charge in [-0.05, 0) is 57.7 Å². The minimum atomic E-state index is -1.09. The first-order valence-corrected chi connectivity index (χ1v) is 12.5. The van der Waals surface area contributed by atoms with Crippen molar-refractivity contribution in [1.29, 1.82) is 0 Å². The molecule has 37 heavy (non-hydrogen) atoms. The molecule has 0 bridgehead atoms. The molecule has 0 heterocycles. The molecule has 1 aromatic carbocycles. The molecule has 204 valence electrons. The number of rotatable bonds is 11. The summed E-state index contributed by atoms with van der Waals surface area (Å²) in [7, 11) is 1.22. The van der Waals surface area contributed by atoms with Gasteiger partial charge in [-0.2, -0.15) is 0 Å². The maximum absolute atomic E-state index is 14.1. The van der Waals surface area contributed by atoms with Crippen molar-refractivity contribution in [2.24, 2.45) is 5.92 Å². The Bertz CT molecular complexity index is 977. The summed E-state index contributed by atoms with van der Waals surface area (Å²) in [4.78, 5) is 53.5. The van der Waals surface area contributed by atoms with E-state index in [2.05, 4.69) is 21.3 Å². The Morgan fingerprint density at radius 2 is 1.65 bits per heavy atom. The topological polar surface area (TPSA) is 114 Å². The van der Waals surface area contributed by atoms with Gasteiger partial charge in [-0.15, -0.1) is 6.42 Å². The van der Waals surface area contributed by atoms with Crippen molar-refractivity contribution in [2.75, 3.05) is 13.7 Å². The highest BCUT2D eigenvalue weighted by atomic mass is 16.6. The van der Waals surface area contributed by atoms with Crippen LogP contribution in [-0.2, 0) is 23.9 Å². The highest BCUT2D eigenvalue weighted by Crippen LogP contribution is 2.28. The summed E-state index contributed by atoms with van der Waals surface area (Å²) in [6, 6.07) is 4.29. The summed E-state index contributed by atoms with van der Waals surface area (Å²) in [5.41, 5.74) is 0.372. The van der Waals surface area contributed by atoms with Crippen LogP contribution < -0.4 is 10.6 Å². The van der Waals surface area contributed by atoms with Crippen molar-refractivity contribution < 1.29 is 28.7 Å². The normalized spacial score (nSPS) is 14.2. The van der Waals surface area contributed by atoms with Gasteiger partial charge in [-0.1, -0.05) is 45.2 Å². The van der Waals surface area contributed by atoms with Crippen LogP contribution in [0, 0.1) is 18.3 Å². The number of methoxy groups -OCH3 is 1. The molecule has 0 aliphatic heterocycles. The standard InChI is InChI=1S/C28H41N3O6/c1-10-18(4)23(30-27(35)37-28(6,7)8)26(34)31(19(5)11-2)24(25(33)29-17-22(32)36-9)21-15-13-20(12-3)14-16-21/h3,13-16,18-19,23-24H,10-11,17H2,1-2,4-9H3,(H,29,33)(H,30,35). The minimum Gasteiger partial charge on any atom is -0.468 e. The number of nitrogens with zero attached hydrogens (tertiary/aromatic N) is 1. The molecule has 0 aliphatic carbocycles. The fourth-order valence-corrected chi connectivity index (χ4v) is 3.60. The molecule has 1 rings (SSSR count). The van der Waals surface area contributed by atoms with E-state index in [9.17, 15) is 19.2 Å². The number of esters is 1. The fraction of sp³-hybridized carbons (Fsp3) is 0.571. The van der Waals surface area contributed by atoms with Gasteiger partial charge in [0.15, 0.2) is 0 Å². The molecule has 0 fully saturated rings. The van der Waals surface area contributed by atoms with Gasteiger partial charge in [-0.25, -0.2) is 4.79 Å². The SMILES string of the molecule is C#Cc1ccc(C(C(=O)NCC(=O)OC)N(C(=O)C(NC(=O)OC(C)(C)C)C(C)CC)C(C)CC)cc1. The summed E-state index contributed by atoms with van der Waals surface area (Å²) in [6.45, 7) is 12.3. The van der Waals surface area contributed by atoms with Crippen molar-refractivity contribution in [3.8, 4) is 12.3 Å². The van der Waals surface area contributed by atoms with Crippen LogP contribution in [0.25, 0.3) is 0 Å². The molecular formula is C28H41N3O6. The van der Waals surface area contributed by atoms with E-state index in [0.29, 0.717) is 24.0 Å². The Morgan fingerprint density at radius 3 is 2.11 bits per heavy atom. The Kier molecular flexibility index (Phi) is 12.1. The van der Waals surface area contributed by atoms with E-state index in [0.717, 1.165) is 0 Å². The number of alkyl carbamates (subject to hydrolysis) is 1. The second-order valence-corrected chi connectivity index (χ2v) is 9.98. The third-order valence-corrected chi connectivity index (χ3v) is 6.03. The molecule has 0 aromatic heterocycles. The van der Waals surface area contributed by atoms with E-state index in [1.165, 1.54) is 12.0 Å². The van der Waals surface area contributed by atoms with Crippen molar-refractivity contribution in [1.82, 2.24) is 15.5 Å². The highest BCUT2D eigenvalue weighted by Gasteiger charge is 2.40. The molecule has 0 aliphatic rings. The number of hydrogen-bond acceptors (Lipinski definition) is 6. The van der Waals surface area contributed by atoms with Crippen LogP contribution in [0.2, 0.25) is 0 Å². The molecule has 3 amide bonds. The van der Waals surface area contributed by atoms with Gasteiger partial charge in [0.05, 0.1) is 7.11 Å². The molecule has 0 radical (unpaired) electrons. The lowest BCUT2D eigenvalue weighted by molar-refractivity contribution is -0.147. The number of hydrogen-bond donors (Lipinski definition) is 2. The Morgan fingerprint density at radius 1 is 1.05 bits per heavy atom. The smallest absolute Gasteiger partial charge is 0.408 e. The van der Waals surface area contributed by atoms with Crippen LogP contribution >= 0.6 is 0 Å². The first-order valence-electron chi connectivity index (χ1n) is 12.5. The lowest BCUT2D eigenvalue weighted by Gasteiger charge is -2.39. The largest absolute Gasteiger partial charge is 0.468 e. The van der Waals surface area contributed by atoms with Crippen LogP contribution in [0.4, 0.5) is 4.79 Å². The van der Waals surface area contributed by atoms with Crippen LogP contribution in [0.1, 0.15) is 78.5 Å². The predicted octanol–water partition coefficient (Wildman–Crippen LogP) is 3.56. The van der Waals surface area contributed by atoms with E-state index in [1.54, 1.807) is 45.0 Å². The van der Waals surface area contributed by atoms with Crippen molar-refractivity contribution in [3.63, 3.8) is 0 Å². The number of carbonyl (C=O) groups is 4. The molecule has 0 saturated carbocycles. The third-order valence-electron chi connectivity index (χ3n) is 6.03. The maximum atomic E-state index is 14.1. The Hall–Kier alpha value is -3.54. The fourth-order valence-electron chi connectivity index (χ4n) is 3.60. The van der Waals surface area contributed by atoms with Crippen molar-refractivity contribution in [3.05, 3.63) is 35.4 Å². The van der Waals surface area contributed by atoms with Crippen LogP contribution in [-0.4, -0.2) is 60.1 Å². The monoisotopic (exact) mass is 515 g/mol. The minimum absolute atomic E-state index is 0.255. The molecule has 2 N–H and O–H groups in total. The van der Waals surface area contributed by atoms with Gasteiger partial charge >= 0.3 is 12.1 Å². The van der Waals surface area contributed by atoms with Crippen LogP contribution in [0.15, 0.2) is 24.3 Å². The van der Waals surface area contributed by atoms with Gasteiger partial charge in [0.2, 0.25) is 11.8 Å². The zero-order valence-corrected chi connectivity index (χ0v) is 23.2. The number of carbonyl (C=O) groups excluding carboxylic acids is 4. The lowest BCUT2D eigenvalue weighted by atomic mass is 9.94. The van der Waals surface area contributed by atoms with E-state index >= 15 is 0 Å². The molecule has 4 atom stereocenters. The van der Waals surface area contributed by atoms with Crippen molar-refractivity contribution >= 4 is 23.9 Å². The lowest BCUT2D eigenvalue weighted by Crippen LogP contribution is -2.57. The molecule has 9 nitrogen and oxygen atoms in total. The highest BCUT2D eigenvalue weighted by molar-refractivity contribution is 5.93. The second kappa shape index (κ2) is 14.3. The molecule has 4 unspecified atom stereocenters. The first-order chi connectivity index (χ1) is 17.3. The summed E-state index contributed by atoms with van der Waals surface area (Å²) in [5, 5.41) is 5.29. The summed E-state index contributed by atoms with van der Waals surface area (Å²) in [5.74, 6) is 0.654. The Labute approximate surface area is 220 Å². The molecule has 1 aromatic rings. The van der Waals surface area contributed by atoms with E-state index in [4.69, 9.17) is 11.2 Å². The van der Waals surface area contributed by atoms with Gasteiger partial charge in [-0.3, -0.25) is 14.4 Å². The zero-order valence-electron chi connectivity index (χ0n) is 23.2. The first kappa shape index (κ1) is 31.5. The molecule has 0 spiro atoms. The summed E-state index contributed by atoms with van der Waals surface area (Å²) >= 11 is 0. The Balaban J connectivity index is 3.57. The van der Waals surface area contributed by atoms with Crippen LogP contribution in [0.3, 0.4) is 0 Å². The van der Waals surface area contributed by atoms with Gasteiger partial charge < -0.3 is 25.0 Å². The van der Waals surface area contributed by atoms with Gasteiger partial charge in [0.1, 0.15) is 24.2 Å². The maximum Gasteiger partial charge on any atom is 0.408 e. The summed E-state index contributed by atoms with van der Waals surface area (Å²) in [6.07, 6.45) is 5.90. The molecule has 0 saturated heterocycles. The number of nitrogens with one attached hydrogen (secondary N) is 2. The number of benzene rings is 1. The van der Waals surface area contributed by atoms with E-state index < -0.39 is 41.6 Å². The quantitative estimate of drug-likeness (QED) is 0.344. The molecule has 9 heteroatoms. The number of ether oxygens (including phenoxy) is 2. The van der Waals surface area contributed by atoms with Gasteiger partial charge in [0.25, 0.3) is 0 Å². The third kappa shape index (κ3) is 9.45. The van der Waals surface area contributed by atoms with Crippen LogP contribution in [0.5, 0.6) is 0 Å². The average molecular weight is 516 g/mol. The number of amides is 3. The summed E-state index contributed by atoms with van der Waals surface area (Å²) < 4.78 is 10.0. The zero-order chi connectivity index (χ0) is 28.3. The second-order valence-electron chi connectivity index (χ2n) is 9.98.